The van der Waals surface area contributed by atoms with E-state index in [1.165, 1.54) is 0 Å². The van der Waals surface area contributed by atoms with Crippen molar-refractivity contribution in [1.29, 1.82) is 0 Å². The van der Waals surface area contributed by atoms with Crippen LogP contribution in [0.1, 0.15) is 25.2 Å². The van der Waals surface area contributed by atoms with E-state index in [0.29, 0.717) is 6.54 Å². The molecule has 4 N–H and O–H groups in total. The van der Waals surface area contributed by atoms with Crippen molar-refractivity contribution >= 4 is 11.8 Å². The molecule has 0 aliphatic rings. The zero-order chi connectivity index (χ0) is 15.3. The quantitative estimate of drug-likeness (QED) is 0.688. The van der Waals surface area contributed by atoms with Gasteiger partial charge in [-0.05, 0) is 25.0 Å². The average molecular weight is 280 g/mol. The Morgan fingerprint density at radius 1 is 1.30 bits per heavy atom. The number of hydrogen-bond donors (Lipinski definition) is 3. The van der Waals surface area contributed by atoms with E-state index in [2.05, 4.69) is 10.6 Å². The first-order chi connectivity index (χ1) is 9.32. The smallest absolute Gasteiger partial charge is 0.239 e. The minimum absolute atomic E-state index is 0.0457. The zero-order valence-electron chi connectivity index (χ0n) is 12.6. The highest BCUT2D eigenvalue weighted by Gasteiger charge is 2.17. The van der Waals surface area contributed by atoms with E-state index < -0.39 is 6.04 Å². The second-order valence-corrected chi connectivity index (χ2v) is 5.29. The lowest BCUT2D eigenvalue weighted by Crippen LogP contribution is -2.47. The summed E-state index contributed by atoms with van der Waals surface area (Å²) in [6.07, 6.45) is 0. The maximum atomic E-state index is 11.7. The summed E-state index contributed by atoms with van der Waals surface area (Å²) in [4.78, 5) is 23.3. The molecule has 2 amide bonds. The number of aryl methyl sites for hydroxylation is 1. The molecule has 0 aliphatic carbocycles. The summed E-state index contributed by atoms with van der Waals surface area (Å²) in [7, 11) is 1.94. The van der Waals surface area contributed by atoms with Crippen LogP contribution in [0.3, 0.4) is 0 Å². The van der Waals surface area contributed by atoms with Gasteiger partial charge in [0.05, 0.1) is 19.1 Å². The minimum Gasteiger partial charge on any atom is -0.350 e. The molecule has 0 aromatic carbocycles. The predicted molar refractivity (Wildman–Crippen MR) is 77.8 cm³/mol. The lowest BCUT2D eigenvalue weighted by Gasteiger charge is -2.15. The van der Waals surface area contributed by atoms with Crippen LogP contribution in [0.4, 0.5) is 0 Å². The van der Waals surface area contributed by atoms with Crippen LogP contribution in [0.15, 0.2) is 12.1 Å². The number of amides is 2. The molecule has 0 saturated heterocycles. The van der Waals surface area contributed by atoms with Crippen LogP contribution in [0.5, 0.6) is 0 Å². The van der Waals surface area contributed by atoms with Crippen LogP contribution >= 0.6 is 0 Å². The maximum absolute atomic E-state index is 11.7. The Balaban J connectivity index is 2.34. The van der Waals surface area contributed by atoms with Crippen molar-refractivity contribution in [3.63, 3.8) is 0 Å². The summed E-state index contributed by atoms with van der Waals surface area (Å²) in [6.45, 7) is 6.11. The van der Waals surface area contributed by atoms with Crippen LogP contribution in [-0.2, 0) is 23.2 Å². The number of carbonyl (C=O) groups is 2. The summed E-state index contributed by atoms with van der Waals surface area (Å²) < 4.78 is 2.01. The van der Waals surface area contributed by atoms with E-state index in [1.807, 2.05) is 44.5 Å². The molecular formula is C14H24N4O2. The van der Waals surface area contributed by atoms with Gasteiger partial charge in [-0.1, -0.05) is 13.8 Å². The van der Waals surface area contributed by atoms with Gasteiger partial charge in [-0.25, -0.2) is 0 Å². The highest BCUT2D eigenvalue weighted by molar-refractivity contribution is 5.87. The number of hydrogen-bond acceptors (Lipinski definition) is 3. The van der Waals surface area contributed by atoms with Gasteiger partial charge < -0.3 is 20.9 Å². The van der Waals surface area contributed by atoms with Gasteiger partial charge in [0.1, 0.15) is 0 Å². The molecule has 1 heterocycles. The van der Waals surface area contributed by atoms with Gasteiger partial charge in [0.25, 0.3) is 0 Å². The Hall–Kier alpha value is -1.82. The van der Waals surface area contributed by atoms with Crippen LogP contribution < -0.4 is 16.4 Å². The predicted octanol–water partition coefficient (Wildman–Crippen LogP) is 0.0492. The van der Waals surface area contributed by atoms with E-state index in [-0.39, 0.29) is 24.3 Å². The lowest BCUT2D eigenvalue weighted by atomic mass is 10.1. The Morgan fingerprint density at radius 3 is 2.45 bits per heavy atom. The SMILES string of the molecule is Cc1ccc(CNC(=O)CNC(=O)[C@@H](N)C(C)C)n1C. The first-order valence-corrected chi connectivity index (χ1v) is 6.74. The summed E-state index contributed by atoms with van der Waals surface area (Å²) in [6, 6.07) is 3.37. The molecule has 1 aromatic rings. The second-order valence-electron chi connectivity index (χ2n) is 5.29. The van der Waals surface area contributed by atoms with Crippen molar-refractivity contribution in [2.45, 2.75) is 33.4 Å². The summed E-state index contributed by atoms with van der Waals surface area (Å²) in [5.74, 6) is -0.484. The van der Waals surface area contributed by atoms with Crippen LogP contribution in [0, 0.1) is 12.8 Å². The fourth-order valence-corrected chi connectivity index (χ4v) is 1.68. The van der Waals surface area contributed by atoms with Crippen LogP contribution in [0.25, 0.3) is 0 Å². The van der Waals surface area contributed by atoms with E-state index in [4.69, 9.17) is 5.73 Å². The fourth-order valence-electron chi connectivity index (χ4n) is 1.68. The third-order valence-corrected chi connectivity index (χ3v) is 3.39. The molecule has 20 heavy (non-hydrogen) atoms. The Bertz CT molecular complexity index is 480. The molecule has 0 saturated carbocycles. The van der Waals surface area contributed by atoms with Crippen molar-refractivity contribution in [2.75, 3.05) is 6.54 Å². The highest BCUT2D eigenvalue weighted by Crippen LogP contribution is 2.04. The molecule has 0 fully saturated rings. The number of aromatic nitrogens is 1. The summed E-state index contributed by atoms with van der Waals surface area (Å²) >= 11 is 0. The number of rotatable bonds is 6. The average Bonchev–Trinajstić information content (AvgIpc) is 2.72. The molecule has 112 valence electrons. The van der Waals surface area contributed by atoms with E-state index in [9.17, 15) is 9.59 Å². The molecular weight excluding hydrogens is 256 g/mol. The summed E-state index contributed by atoms with van der Waals surface area (Å²) in [5, 5.41) is 5.30. The molecule has 0 aliphatic heterocycles. The van der Waals surface area contributed by atoms with Gasteiger partial charge in [0.2, 0.25) is 11.8 Å². The standard InChI is InChI=1S/C14H24N4O2/c1-9(2)13(15)14(20)17-8-12(19)16-7-11-6-5-10(3)18(11)4/h5-6,9,13H,7-8,15H2,1-4H3,(H,16,19)(H,17,20)/t13-/m0/s1. The zero-order valence-corrected chi connectivity index (χ0v) is 12.6. The molecule has 1 aromatic heterocycles. The number of nitrogens with zero attached hydrogens (tertiary/aromatic N) is 1. The van der Waals surface area contributed by atoms with Gasteiger partial charge in [-0.2, -0.15) is 0 Å². The Morgan fingerprint density at radius 2 is 1.95 bits per heavy atom. The molecule has 0 radical (unpaired) electrons. The Labute approximate surface area is 119 Å². The maximum Gasteiger partial charge on any atom is 0.239 e. The molecule has 1 rings (SSSR count). The second kappa shape index (κ2) is 7.09. The van der Waals surface area contributed by atoms with Crippen molar-refractivity contribution in [3.8, 4) is 0 Å². The van der Waals surface area contributed by atoms with Crippen molar-refractivity contribution in [1.82, 2.24) is 15.2 Å². The summed E-state index contributed by atoms with van der Waals surface area (Å²) in [5.41, 5.74) is 7.83. The van der Waals surface area contributed by atoms with Crippen molar-refractivity contribution in [2.24, 2.45) is 18.7 Å². The molecule has 1 atom stereocenters. The van der Waals surface area contributed by atoms with E-state index in [0.717, 1.165) is 11.4 Å². The van der Waals surface area contributed by atoms with Gasteiger partial charge in [0, 0.05) is 18.4 Å². The van der Waals surface area contributed by atoms with Gasteiger partial charge >= 0.3 is 0 Å². The van der Waals surface area contributed by atoms with Crippen molar-refractivity contribution < 1.29 is 9.59 Å². The molecule has 0 bridgehead atoms. The molecule has 0 unspecified atom stereocenters. The molecule has 6 heteroatoms. The normalized spacial score (nSPS) is 12.3. The van der Waals surface area contributed by atoms with Crippen LogP contribution in [-0.4, -0.2) is 29.0 Å². The highest BCUT2D eigenvalue weighted by atomic mass is 16.2. The monoisotopic (exact) mass is 280 g/mol. The third kappa shape index (κ3) is 4.38. The minimum atomic E-state index is -0.585. The van der Waals surface area contributed by atoms with Gasteiger partial charge in [0.15, 0.2) is 0 Å². The van der Waals surface area contributed by atoms with Crippen LogP contribution in [0.2, 0.25) is 0 Å². The first kappa shape index (κ1) is 16.2. The Kier molecular flexibility index (Phi) is 5.76. The first-order valence-electron chi connectivity index (χ1n) is 6.74. The fraction of sp³-hybridized carbons (Fsp3) is 0.571. The lowest BCUT2D eigenvalue weighted by molar-refractivity contribution is -0.127. The topological polar surface area (TPSA) is 89.2 Å². The van der Waals surface area contributed by atoms with E-state index >= 15 is 0 Å². The van der Waals surface area contributed by atoms with E-state index in [1.54, 1.807) is 0 Å². The van der Waals surface area contributed by atoms with Gasteiger partial charge in [-0.15, -0.1) is 0 Å². The largest absolute Gasteiger partial charge is 0.350 e. The molecule has 0 spiro atoms. The number of nitrogens with one attached hydrogen (secondary N) is 2. The third-order valence-electron chi connectivity index (χ3n) is 3.39. The van der Waals surface area contributed by atoms with Gasteiger partial charge in [-0.3, -0.25) is 9.59 Å². The number of nitrogens with two attached hydrogens (primary N) is 1. The van der Waals surface area contributed by atoms with Crippen molar-refractivity contribution in [3.05, 3.63) is 23.5 Å². The molecule has 6 nitrogen and oxygen atoms in total. The number of carbonyl (C=O) groups excluding carboxylic acids is 2.